The summed E-state index contributed by atoms with van der Waals surface area (Å²) in [7, 11) is 0. The van der Waals surface area contributed by atoms with Crippen LogP contribution in [0.4, 0.5) is 5.69 Å². The van der Waals surface area contributed by atoms with Gasteiger partial charge in [0, 0.05) is 28.8 Å². The van der Waals surface area contributed by atoms with E-state index in [0.717, 1.165) is 5.01 Å². The molecule has 0 saturated heterocycles. The van der Waals surface area contributed by atoms with Crippen molar-refractivity contribution in [1.29, 1.82) is 0 Å². The van der Waals surface area contributed by atoms with Gasteiger partial charge in [0.05, 0.1) is 5.69 Å². The van der Waals surface area contributed by atoms with Crippen molar-refractivity contribution in [3.8, 4) is 11.5 Å². The van der Waals surface area contributed by atoms with E-state index < -0.39 is 0 Å². The highest BCUT2D eigenvalue weighted by atomic mass is 35.5. The van der Waals surface area contributed by atoms with Gasteiger partial charge in [-0.25, -0.2) is 4.98 Å². The third kappa shape index (κ3) is 5.88. The van der Waals surface area contributed by atoms with Crippen LogP contribution in [-0.4, -0.2) is 27.1 Å². The van der Waals surface area contributed by atoms with Crippen LogP contribution in [0, 0.1) is 0 Å². The Hall–Kier alpha value is -3.43. The SMILES string of the molecule is CC(C)c1nn2c(=O)cc(COc3cccc(NC(=O)COc4ccc(Cl)cc4)c3)nc2s1. The molecule has 0 aliphatic carbocycles. The molecule has 0 fully saturated rings. The molecule has 2 aromatic carbocycles. The number of nitrogens with one attached hydrogen (secondary N) is 1. The van der Waals surface area contributed by atoms with Crippen LogP contribution >= 0.6 is 22.9 Å². The fourth-order valence-corrected chi connectivity index (χ4v) is 3.93. The van der Waals surface area contributed by atoms with Crippen LogP contribution in [0.3, 0.4) is 0 Å². The van der Waals surface area contributed by atoms with Gasteiger partial charge in [0.25, 0.3) is 11.5 Å². The highest BCUT2D eigenvalue weighted by Gasteiger charge is 2.12. The molecule has 8 nitrogen and oxygen atoms in total. The van der Waals surface area contributed by atoms with Crippen molar-refractivity contribution in [2.75, 3.05) is 11.9 Å². The van der Waals surface area contributed by atoms with Gasteiger partial charge in [0.15, 0.2) is 6.61 Å². The van der Waals surface area contributed by atoms with Gasteiger partial charge in [-0.2, -0.15) is 9.61 Å². The maximum atomic E-state index is 12.3. The zero-order chi connectivity index (χ0) is 23.4. The lowest BCUT2D eigenvalue weighted by atomic mass is 10.2. The molecular formula is C23H21ClN4O4S. The first-order valence-electron chi connectivity index (χ1n) is 10.2. The second kappa shape index (κ2) is 10.0. The number of benzene rings is 2. The van der Waals surface area contributed by atoms with Crippen LogP contribution in [0.2, 0.25) is 5.02 Å². The Morgan fingerprint density at radius 2 is 1.91 bits per heavy atom. The highest BCUT2D eigenvalue weighted by Crippen LogP contribution is 2.21. The Morgan fingerprint density at radius 3 is 2.67 bits per heavy atom. The number of hydrogen-bond donors (Lipinski definition) is 1. The molecule has 0 saturated carbocycles. The zero-order valence-corrected chi connectivity index (χ0v) is 19.5. The Balaban J connectivity index is 1.36. The van der Waals surface area contributed by atoms with Gasteiger partial charge < -0.3 is 14.8 Å². The number of halogens is 1. The quantitative estimate of drug-likeness (QED) is 0.395. The van der Waals surface area contributed by atoms with Crippen LogP contribution in [0.15, 0.2) is 59.4 Å². The van der Waals surface area contributed by atoms with Gasteiger partial charge >= 0.3 is 0 Å². The van der Waals surface area contributed by atoms with Crippen molar-refractivity contribution >= 4 is 39.5 Å². The normalized spacial score (nSPS) is 11.0. The van der Waals surface area contributed by atoms with E-state index in [2.05, 4.69) is 15.4 Å². The van der Waals surface area contributed by atoms with Gasteiger partial charge in [-0.3, -0.25) is 9.59 Å². The highest BCUT2D eigenvalue weighted by molar-refractivity contribution is 7.16. The lowest BCUT2D eigenvalue weighted by Crippen LogP contribution is -2.20. The molecule has 4 aromatic rings. The fourth-order valence-electron chi connectivity index (χ4n) is 2.88. The molecule has 0 unspecified atom stereocenters. The molecule has 0 aliphatic heterocycles. The Morgan fingerprint density at radius 1 is 1.12 bits per heavy atom. The number of aromatic nitrogens is 3. The standard InChI is InChI=1S/C23H21ClN4O4S/c1-14(2)22-27-28-21(30)11-17(26-23(28)33-22)12-31-19-5-3-4-16(10-19)25-20(29)13-32-18-8-6-15(24)7-9-18/h3-11,14H,12-13H2,1-2H3,(H,25,29). The average Bonchev–Trinajstić information content (AvgIpc) is 3.23. The maximum Gasteiger partial charge on any atom is 0.275 e. The molecule has 1 N–H and O–H groups in total. The monoisotopic (exact) mass is 484 g/mol. The number of fused-ring (bicyclic) bond motifs is 1. The summed E-state index contributed by atoms with van der Waals surface area (Å²) in [6.45, 7) is 4.00. The largest absolute Gasteiger partial charge is 0.487 e. The molecule has 10 heteroatoms. The number of carbonyl (C=O) groups excluding carboxylic acids is 1. The third-order valence-corrected chi connectivity index (χ3v) is 5.96. The molecule has 33 heavy (non-hydrogen) atoms. The predicted octanol–water partition coefficient (Wildman–Crippen LogP) is 4.52. The number of nitrogens with zero attached hydrogens (tertiary/aromatic N) is 3. The molecule has 4 rings (SSSR count). The van der Waals surface area contributed by atoms with Crippen molar-refractivity contribution in [3.05, 3.63) is 80.7 Å². The second-order valence-electron chi connectivity index (χ2n) is 7.48. The van der Waals surface area contributed by atoms with Gasteiger partial charge in [-0.05, 0) is 36.4 Å². The van der Waals surface area contributed by atoms with E-state index in [9.17, 15) is 9.59 Å². The minimum absolute atomic E-state index is 0.109. The summed E-state index contributed by atoms with van der Waals surface area (Å²) in [5, 5.41) is 8.52. The molecule has 0 radical (unpaired) electrons. The summed E-state index contributed by atoms with van der Waals surface area (Å²) in [6, 6.07) is 15.1. The van der Waals surface area contributed by atoms with Crippen molar-refractivity contribution in [1.82, 2.24) is 14.6 Å². The molecule has 0 atom stereocenters. The summed E-state index contributed by atoms with van der Waals surface area (Å²) in [5.74, 6) is 0.979. The number of amides is 1. The number of anilines is 1. The van der Waals surface area contributed by atoms with E-state index in [-0.39, 0.29) is 30.6 Å². The average molecular weight is 485 g/mol. The van der Waals surface area contributed by atoms with Crippen molar-refractivity contribution in [2.45, 2.75) is 26.4 Å². The summed E-state index contributed by atoms with van der Waals surface area (Å²) >= 11 is 7.23. The summed E-state index contributed by atoms with van der Waals surface area (Å²) in [4.78, 5) is 29.6. The van der Waals surface area contributed by atoms with Gasteiger partial charge in [-0.1, -0.05) is 42.9 Å². The van der Waals surface area contributed by atoms with Gasteiger partial charge in [0.2, 0.25) is 4.96 Å². The zero-order valence-electron chi connectivity index (χ0n) is 17.9. The van der Waals surface area contributed by atoms with Crippen LogP contribution in [-0.2, 0) is 11.4 Å². The Bertz CT molecular complexity index is 1330. The number of hydrogen-bond acceptors (Lipinski definition) is 7. The van der Waals surface area contributed by atoms with Crippen LogP contribution in [0.5, 0.6) is 11.5 Å². The van der Waals surface area contributed by atoms with Crippen LogP contribution in [0.1, 0.15) is 30.5 Å². The van der Waals surface area contributed by atoms with E-state index in [1.165, 1.54) is 21.9 Å². The van der Waals surface area contributed by atoms with Crippen molar-refractivity contribution in [2.24, 2.45) is 0 Å². The van der Waals surface area contributed by atoms with Crippen molar-refractivity contribution < 1.29 is 14.3 Å². The summed E-state index contributed by atoms with van der Waals surface area (Å²) in [5.41, 5.74) is 0.818. The molecular weight excluding hydrogens is 464 g/mol. The smallest absolute Gasteiger partial charge is 0.275 e. The van der Waals surface area contributed by atoms with E-state index in [1.54, 1.807) is 48.5 Å². The van der Waals surface area contributed by atoms with Crippen molar-refractivity contribution in [3.63, 3.8) is 0 Å². The van der Waals surface area contributed by atoms with E-state index >= 15 is 0 Å². The summed E-state index contributed by atoms with van der Waals surface area (Å²) < 4.78 is 12.6. The van der Waals surface area contributed by atoms with Gasteiger partial charge in [0.1, 0.15) is 23.1 Å². The molecule has 170 valence electrons. The molecule has 0 bridgehead atoms. The van der Waals surface area contributed by atoms with Crippen LogP contribution < -0.4 is 20.3 Å². The lowest BCUT2D eigenvalue weighted by molar-refractivity contribution is -0.118. The Labute approximate surface area is 198 Å². The first-order chi connectivity index (χ1) is 15.9. The number of rotatable bonds is 8. The third-order valence-electron chi connectivity index (χ3n) is 4.50. The second-order valence-corrected chi connectivity index (χ2v) is 8.91. The summed E-state index contributed by atoms with van der Waals surface area (Å²) in [6.07, 6.45) is 0. The number of ether oxygens (including phenoxy) is 2. The van der Waals surface area contributed by atoms with E-state index in [4.69, 9.17) is 21.1 Å². The molecule has 0 spiro atoms. The van der Waals surface area contributed by atoms with E-state index in [1.807, 2.05) is 13.8 Å². The first-order valence-corrected chi connectivity index (χ1v) is 11.4. The fraction of sp³-hybridized carbons (Fsp3) is 0.217. The molecule has 2 heterocycles. The molecule has 0 aliphatic rings. The lowest BCUT2D eigenvalue weighted by Gasteiger charge is -2.10. The Kier molecular flexibility index (Phi) is 6.90. The number of carbonyl (C=O) groups is 1. The topological polar surface area (TPSA) is 94.8 Å². The minimum atomic E-state index is -0.312. The first kappa shape index (κ1) is 22.8. The van der Waals surface area contributed by atoms with E-state index in [0.29, 0.717) is 32.9 Å². The molecule has 2 aromatic heterocycles. The minimum Gasteiger partial charge on any atom is -0.487 e. The van der Waals surface area contributed by atoms with Crippen LogP contribution in [0.25, 0.3) is 4.96 Å². The predicted molar refractivity (Wildman–Crippen MR) is 128 cm³/mol. The maximum absolute atomic E-state index is 12.3. The molecule has 1 amide bonds. The van der Waals surface area contributed by atoms with Gasteiger partial charge in [-0.15, -0.1) is 0 Å².